The summed E-state index contributed by atoms with van der Waals surface area (Å²) < 4.78 is 0. The lowest BCUT2D eigenvalue weighted by molar-refractivity contribution is -0.385. The first-order valence-corrected chi connectivity index (χ1v) is 7.27. The predicted molar refractivity (Wildman–Crippen MR) is 73.7 cm³/mol. The van der Waals surface area contributed by atoms with Crippen LogP contribution in [-0.4, -0.2) is 33.9 Å². The number of thioether (sulfide) groups is 1. The Balaban J connectivity index is 2.08. The fraction of sp³-hybridized carbons (Fsp3) is 0.455. The molecular formula is C11H12ClN3O3S. The molecule has 0 bridgehead atoms. The van der Waals surface area contributed by atoms with Gasteiger partial charge in [0.1, 0.15) is 16.9 Å². The first kappa shape index (κ1) is 14.1. The van der Waals surface area contributed by atoms with Gasteiger partial charge in [-0.15, -0.1) is 0 Å². The van der Waals surface area contributed by atoms with Crippen molar-refractivity contribution in [3.05, 3.63) is 33.1 Å². The third-order valence-corrected chi connectivity index (χ3v) is 4.30. The molecule has 1 N–H and O–H groups in total. The summed E-state index contributed by atoms with van der Waals surface area (Å²) in [6.45, 7) is 0.531. The fourth-order valence-electron chi connectivity index (χ4n) is 1.83. The quantitative estimate of drug-likeness (QED) is 0.523. The number of halogens is 1. The second-order valence-corrected chi connectivity index (χ2v) is 5.76. The van der Waals surface area contributed by atoms with Crippen molar-refractivity contribution in [1.29, 1.82) is 0 Å². The van der Waals surface area contributed by atoms with E-state index in [0.29, 0.717) is 12.5 Å². The number of aromatic nitrogens is 1. The molecule has 0 saturated carbocycles. The number of hydrogen-bond acceptors (Lipinski definition) is 5. The molecule has 19 heavy (non-hydrogen) atoms. The van der Waals surface area contributed by atoms with Gasteiger partial charge in [0.05, 0.1) is 4.92 Å². The Morgan fingerprint density at radius 3 is 3.11 bits per heavy atom. The molecule has 2 heterocycles. The van der Waals surface area contributed by atoms with Crippen LogP contribution in [0.4, 0.5) is 5.69 Å². The summed E-state index contributed by atoms with van der Waals surface area (Å²) in [6.07, 6.45) is 2.06. The molecule has 0 aliphatic carbocycles. The van der Waals surface area contributed by atoms with Crippen molar-refractivity contribution in [3.8, 4) is 0 Å². The lowest BCUT2D eigenvalue weighted by Gasteiger charge is -2.10. The van der Waals surface area contributed by atoms with Gasteiger partial charge >= 0.3 is 0 Å². The van der Waals surface area contributed by atoms with Crippen LogP contribution in [0.2, 0.25) is 5.15 Å². The van der Waals surface area contributed by atoms with Gasteiger partial charge in [-0.2, -0.15) is 11.8 Å². The lowest BCUT2D eigenvalue weighted by atomic mass is 10.1. The summed E-state index contributed by atoms with van der Waals surface area (Å²) in [6, 6.07) is 1.22. The highest BCUT2D eigenvalue weighted by Crippen LogP contribution is 2.23. The molecule has 1 aliphatic heterocycles. The van der Waals surface area contributed by atoms with Crippen LogP contribution in [-0.2, 0) is 0 Å². The summed E-state index contributed by atoms with van der Waals surface area (Å²) in [5.74, 6) is 2.07. The average Bonchev–Trinajstić information content (AvgIpc) is 2.88. The van der Waals surface area contributed by atoms with Crippen LogP contribution in [0.25, 0.3) is 0 Å². The van der Waals surface area contributed by atoms with Crippen molar-refractivity contribution in [2.24, 2.45) is 5.92 Å². The maximum absolute atomic E-state index is 12.0. The number of carbonyl (C=O) groups is 1. The number of amides is 1. The highest BCUT2D eigenvalue weighted by Gasteiger charge is 2.23. The molecule has 0 aromatic carbocycles. The molecule has 102 valence electrons. The van der Waals surface area contributed by atoms with Gasteiger partial charge in [-0.25, -0.2) is 4.98 Å². The summed E-state index contributed by atoms with van der Waals surface area (Å²) in [5.41, 5.74) is -0.377. The molecule has 8 heteroatoms. The molecular weight excluding hydrogens is 290 g/mol. The minimum absolute atomic E-state index is 0.0457. The van der Waals surface area contributed by atoms with Crippen LogP contribution < -0.4 is 5.32 Å². The predicted octanol–water partition coefficient (Wildman–Crippen LogP) is 2.13. The second-order valence-electron chi connectivity index (χ2n) is 4.22. The Hall–Kier alpha value is -1.34. The standard InChI is InChI=1S/C11H12ClN3O3S/c12-10-3-8(9(5-13-10)15(17)18)11(16)14-4-7-1-2-19-6-7/h3,5,7H,1-2,4,6H2,(H,14,16). The third kappa shape index (κ3) is 3.57. The fourth-order valence-corrected chi connectivity index (χ4v) is 3.27. The third-order valence-electron chi connectivity index (χ3n) is 2.87. The van der Waals surface area contributed by atoms with Gasteiger partial charge < -0.3 is 5.32 Å². The first-order valence-electron chi connectivity index (χ1n) is 5.74. The number of nitrogens with zero attached hydrogens (tertiary/aromatic N) is 2. The number of pyridine rings is 1. The van der Waals surface area contributed by atoms with Gasteiger partial charge in [-0.3, -0.25) is 14.9 Å². The molecule has 1 aliphatic rings. The van der Waals surface area contributed by atoms with Gasteiger partial charge in [-0.1, -0.05) is 11.6 Å². The average molecular weight is 302 g/mol. The first-order chi connectivity index (χ1) is 9.08. The molecule has 1 fully saturated rings. The Bertz CT molecular complexity index is 506. The maximum Gasteiger partial charge on any atom is 0.300 e. The van der Waals surface area contributed by atoms with E-state index in [-0.39, 0.29) is 16.4 Å². The molecule has 1 saturated heterocycles. The Morgan fingerprint density at radius 1 is 1.68 bits per heavy atom. The summed E-state index contributed by atoms with van der Waals surface area (Å²) in [5, 5.41) is 13.6. The number of carbonyl (C=O) groups excluding carboxylic acids is 1. The van der Waals surface area contributed by atoms with Crippen molar-refractivity contribution in [3.63, 3.8) is 0 Å². The summed E-state index contributed by atoms with van der Waals surface area (Å²) in [4.78, 5) is 25.8. The van der Waals surface area contributed by atoms with E-state index in [0.717, 1.165) is 24.1 Å². The van der Waals surface area contributed by atoms with E-state index in [2.05, 4.69) is 10.3 Å². The highest BCUT2D eigenvalue weighted by atomic mass is 35.5. The Morgan fingerprint density at radius 2 is 2.47 bits per heavy atom. The van der Waals surface area contributed by atoms with Crippen LogP contribution in [0.5, 0.6) is 0 Å². The van der Waals surface area contributed by atoms with Crippen LogP contribution in [0.15, 0.2) is 12.3 Å². The maximum atomic E-state index is 12.0. The number of nitrogens with one attached hydrogen (secondary N) is 1. The molecule has 0 radical (unpaired) electrons. The van der Waals surface area contributed by atoms with Gasteiger partial charge in [0.2, 0.25) is 0 Å². The molecule has 6 nitrogen and oxygen atoms in total. The van der Waals surface area contributed by atoms with Crippen LogP contribution in [0.1, 0.15) is 16.8 Å². The van der Waals surface area contributed by atoms with Crippen LogP contribution >= 0.6 is 23.4 Å². The monoisotopic (exact) mass is 301 g/mol. The minimum Gasteiger partial charge on any atom is -0.352 e. The SMILES string of the molecule is O=C(NCC1CCSC1)c1cc(Cl)ncc1[N+](=O)[O-]. The highest BCUT2D eigenvalue weighted by molar-refractivity contribution is 7.99. The van der Waals surface area contributed by atoms with Crippen molar-refractivity contribution in [2.75, 3.05) is 18.1 Å². The molecule has 0 spiro atoms. The minimum atomic E-state index is -0.635. The van der Waals surface area contributed by atoms with Crippen molar-refractivity contribution in [2.45, 2.75) is 6.42 Å². The molecule has 2 rings (SSSR count). The second kappa shape index (κ2) is 6.21. The van der Waals surface area contributed by atoms with Crippen LogP contribution in [0.3, 0.4) is 0 Å². The van der Waals surface area contributed by atoms with E-state index >= 15 is 0 Å². The van der Waals surface area contributed by atoms with Crippen LogP contribution in [0, 0.1) is 16.0 Å². The van der Waals surface area contributed by atoms with E-state index in [1.165, 1.54) is 6.07 Å². The number of hydrogen-bond donors (Lipinski definition) is 1. The molecule has 1 aromatic rings. The topological polar surface area (TPSA) is 85.1 Å². The van der Waals surface area contributed by atoms with Crippen molar-refractivity contribution >= 4 is 35.0 Å². The molecule has 1 amide bonds. The molecule has 1 aromatic heterocycles. The number of nitro groups is 1. The van der Waals surface area contributed by atoms with Gasteiger partial charge in [0, 0.05) is 6.54 Å². The van der Waals surface area contributed by atoms with Gasteiger partial charge in [0.15, 0.2) is 0 Å². The Labute approximate surface area is 119 Å². The van der Waals surface area contributed by atoms with E-state index in [1.807, 2.05) is 11.8 Å². The van der Waals surface area contributed by atoms with E-state index in [9.17, 15) is 14.9 Å². The van der Waals surface area contributed by atoms with Gasteiger partial charge in [0.25, 0.3) is 11.6 Å². The van der Waals surface area contributed by atoms with Crippen molar-refractivity contribution in [1.82, 2.24) is 10.3 Å². The van der Waals surface area contributed by atoms with E-state index in [1.54, 1.807) is 0 Å². The molecule has 1 unspecified atom stereocenters. The zero-order valence-corrected chi connectivity index (χ0v) is 11.5. The zero-order valence-electron chi connectivity index (χ0n) is 9.97. The number of rotatable bonds is 4. The lowest BCUT2D eigenvalue weighted by Crippen LogP contribution is -2.29. The van der Waals surface area contributed by atoms with E-state index < -0.39 is 10.8 Å². The van der Waals surface area contributed by atoms with E-state index in [4.69, 9.17) is 11.6 Å². The largest absolute Gasteiger partial charge is 0.352 e. The zero-order chi connectivity index (χ0) is 13.8. The normalized spacial score (nSPS) is 18.3. The summed E-state index contributed by atoms with van der Waals surface area (Å²) in [7, 11) is 0. The Kier molecular flexibility index (Phi) is 4.60. The summed E-state index contributed by atoms with van der Waals surface area (Å²) >= 11 is 7.53. The van der Waals surface area contributed by atoms with Gasteiger partial charge in [-0.05, 0) is 29.9 Å². The smallest absolute Gasteiger partial charge is 0.300 e. The van der Waals surface area contributed by atoms with Crippen molar-refractivity contribution < 1.29 is 9.72 Å². The molecule has 1 atom stereocenters.